The molecule has 0 aliphatic heterocycles. The molecule has 0 saturated heterocycles. The van der Waals surface area contributed by atoms with Crippen LogP contribution in [0.15, 0.2) is 33.2 Å². The van der Waals surface area contributed by atoms with Crippen LogP contribution in [0.5, 0.6) is 5.75 Å². The lowest BCUT2D eigenvalue weighted by Crippen LogP contribution is -1.74. The van der Waals surface area contributed by atoms with Gasteiger partial charge < -0.3 is 9.52 Å². The van der Waals surface area contributed by atoms with Gasteiger partial charge in [0.25, 0.3) is 0 Å². The average molecular weight is 257 g/mol. The van der Waals surface area contributed by atoms with Crippen molar-refractivity contribution in [1.82, 2.24) is 0 Å². The molecule has 1 aromatic heterocycles. The molecule has 1 aromatic carbocycles. The molecule has 0 fully saturated rings. The summed E-state index contributed by atoms with van der Waals surface area (Å²) in [6, 6.07) is 6.79. The van der Waals surface area contributed by atoms with Crippen molar-refractivity contribution in [2.24, 2.45) is 0 Å². The first kappa shape index (κ1) is 8.72. The molecule has 0 saturated carbocycles. The van der Waals surface area contributed by atoms with Gasteiger partial charge in [-0.05, 0) is 30.4 Å². The summed E-state index contributed by atoms with van der Waals surface area (Å²) < 4.78 is 6.41. The zero-order valence-corrected chi connectivity index (χ0v) is 8.85. The summed E-state index contributed by atoms with van der Waals surface area (Å²) in [6.07, 6.45) is 0. The zero-order valence-electron chi connectivity index (χ0n) is 6.45. The second-order valence-corrected chi connectivity index (χ2v) is 3.91. The van der Waals surface area contributed by atoms with Gasteiger partial charge in [-0.25, -0.2) is 0 Å². The van der Waals surface area contributed by atoms with Crippen molar-refractivity contribution >= 4 is 39.1 Å². The molecular formula is C9H5BrO2S. The van der Waals surface area contributed by atoms with Crippen LogP contribution < -0.4 is 0 Å². The van der Waals surface area contributed by atoms with Crippen LogP contribution in [0, 0.1) is 4.71 Å². The van der Waals surface area contributed by atoms with E-state index >= 15 is 0 Å². The van der Waals surface area contributed by atoms with E-state index < -0.39 is 0 Å². The van der Waals surface area contributed by atoms with E-state index in [9.17, 15) is 5.11 Å². The number of fused-ring (bicyclic) bond motifs is 1. The molecule has 1 heterocycles. The predicted octanol–water partition coefficient (Wildman–Crippen LogP) is 3.63. The zero-order chi connectivity index (χ0) is 9.42. The number of hydrogen-bond acceptors (Lipinski definition) is 3. The van der Waals surface area contributed by atoms with E-state index in [1.807, 2.05) is 6.07 Å². The molecule has 4 heteroatoms. The Bertz CT molecular complexity index is 518. The Labute approximate surface area is 87.9 Å². The van der Waals surface area contributed by atoms with Crippen molar-refractivity contribution in [3.63, 3.8) is 0 Å². The minimum Gasteiger partial charge on any atom is -0.507 e. The van der Waals surface area contributed by atoms with Gasteiger partial charge in [-0.3, -0.25) is 0 Å². The highest BCUT2D eigenvalue weighted by Gasteiger charge is 2.02. The molecule has 0 aliphatic rings. The topological polar surface area (TPSA) is 33.4 Å². The van der Waals surface area contributed by atoms with E-state index in [0.29, 0.717) is 11.0 Å². The second-order valence-electron chi connectivity index (χ2n) is 2.59. The van der Waals surface area contributed by atoms with Crippen LogP contribution in [0.25, 0.3) is 11.0 Å². The van der Waals surface area contributed by atoms with Gasteiger partial charge in [-0.15, -0.1) is 0 Å². The molecule has 0 radical (unpaired) electrons. The summed E-state index contributed by atoms with van der Waals surface area (Å²) in [5, 5.41) is 10.2. The molecule has 0 spiro atoms. The first-order chi connectivity index (χ1) is 6.16. The Kier molecular flexibility index (Phi) is 2.09. The number of rotatable bonds is 0. The summed E-state index contributed by atoms with van der Waals surface area (Å²) >= 11 is 8.13. The third kappa shape index (κ3) is 1.59. The molecule has 0 aliphatic carbocycles. The van der Waals surface area contributed by atoms with E-state index in [-0.39, 0.29) is 10.5 Å². The summed E-state index contributed by atoms with van der Waals surface area (Å²) in [5.74, 6) is 0.146. The first-order valence-electron chi connectivity index (χ1n) is 3.59. The molecule has 0 unspecified atom stereocenters. The van der Waals surface area contributed by atoms with E-state index in [1.54, 1.807) is 12.1 Å². The SMILES string of the molecule is Oc1cc(=S)oc2ccc(Br)cc12. The molecule has 2 rings (SSSR count). The Hall–Kier alpha value is -0.870. The van der Waals surface area contributed by atoms with Crippen molar-refractivity contribution in [2.45, 2.75) is 0 Å². The van der Waals surface area contributed by atoms with Crippen LogP contribution in [0.2, 0.25) is 0 Å². The van der Waals surface area contributed by atoms with Crippen molar-refractivity contribution < 1.29 is 9.52 Å². The summed E-state index contributed by atoms with van der Waals surface area (Å²) in [4.78, 5) is 0. The fourth-order valence-electron chi connectivity index (χ4n) is 1.12. The monoisotopic (exact) mass is 256 g/mol. The van der Waals surface area contributed by atoms with E-state index in [1.165, 1.54) is 6.07 Å². The fraction of sp³-hybridized carbons (Fsp3) is 0. The van der Waals surface area contributed by atoms with Gasteiger partial charge in [-0.1, -0.05) is 15.9 Å². The van der Waals surface area contributed by atoms with Crippen LogP contribution in [0.1, 0.15) is 0 Å². The van der Waals surface area contributed by atoms with Gasteiger partial charge in [-0.2, -0.15) is 0 Å². The molecule has 2 aromatic rings. The maximum absolute atomic E-state index is 9.53. The van der Waals surface area contributed by atoms with Crippen LogP contribution >= 0.6 is 28.1 Å². The maximum atomic E-state index is 9.53. The second kappa shape index (κ2) is 3.12. The maximum Gasteiger partial charge on any atom is 0.194 e. The van der Waals surface area contributed by atoms with Crippen molar-refractivity contribution in [3.05, 3.63) is 33.4 Å². The van der Waals surface area contributed by atoms with Gasteiger partial charge >= 0.3 is 0 Å². The third-order valence-corrected chi connectivity index (χ3v) is 2.38. The molecule has 0 atom stereocenters. The van der Waals surface area contributed by atoms with Gasteiger partial charge in [0.05, 0.1) is 5.39 Å². The lowest BCUT2D eigenvalue weighted by molar-refractivity contribution is 0.472. The molecule has 1 N–H and O–H groups in total. The normalized spacial score (nSPS) is 10.5. The van der Waals surface area contributed by atoms with Gasteiger partial charge in [0.15, 0.2) is 4.71 Å². The summed E-state index contributed by atoms with van der Waals surface area (Å²) in [7, 11) is 0. The highest BCUT2D eigenvalue weighted by atomic mass is 79.9. The quantitative estimate of drug-likeness (QED) is 0.731. The van der Waals surface area contributed by atoms with Crippen LogP contribution in [-0.4, -0.2) is 5.11 Å². The standard InChI is InChI=1S/C9H5BrO2S/c10-5-1-2-8-6(3-5)7(11)4-9(13)12-8/h1-4,11H. The van der Waals surface area contributed by atoms with Crippen molar-refractivity contribution in [3.8, 4) is 5.75 Å². The van der Waals surface area contributed by atoms with Crippen LogP contribution in [0.3, 0.4) is 0 Å². The van der Waals surface area contributed by atoms with E-state index in [2.05, 4.69) is 15.9 Å². The average Bonchev–Trinajstić information content (AvgIpc) is 2.06. The lowest BCUT2D eigenvalue weighted by Gasteiger charge is -1.99. The molecular weight excluding hydrogens is 252 g/mol. The number of halogens is 1. The fourth-order valence-corrected chi connectivity index (χ4v) is 1.68. The predicted molar refractivity (Wildman–Crippen MR) is 56.4 cm³/mol. The molecule has 0 bridgehead atoms. The van der Waals surface area contributed by atoms with Gasteiger partial charge in [0.2, 0.25) is 0 Å². The Morgan fingerprint density at radius 1 is 1.31 bits per heavy atom. The minimum absolute atomic E-state index is 0.146. The number of aromatic hydroxyl groups is 1. The largest absolute Gasteiger partial charge is 0.507 e. The first-order valence-corrected chi connectivity index (χ1v) is 4.79. The summed E-state index contributed by atoms with van der Waals surface area (Å²) in [5.41, 5.74) is 0.591. The van der Waals surface area contributed by atoms with E-state index in [0.717, 1.165) is 4.47 Å². The molecule has 13 heavy (non-hydrogen) atoms. The highest BCUT2D eigenvalue weighted by Crippen LogP contribution is 2.27. The highest BCUT2D eigenvalue weighted by molar-refractivity contribution is 9.10. The van der Waals surface area contributed by atoms with Crippen molar-refractivity contribution in [1.29, 1.82) is 0 Å². The number of hydrogen-bond donors (Lipinski definition) is 1. The molecule has 0 amide bonds. The third-order valence-electron chi connectivity index (χ3n) is 1.68. The molecule has 66 valence electrons. The van der Waals surface area contributed by atoms with E-state index in [4.69, 9.17) is 16.6 Å². The Balaban J connectivity index is 2.95. The Morgan fingerprint density at radius 2 is 2.08 bits per heavy atom. The van der Waals surface area contributed by atoms with Crippen LogP contribution in [0.4, 0.5) is 0 Å². The van der Waals surface area contributed by atoms with Gasteiger partial charge in [0, 0.05) is 10.5 Å². The number of benzene rings is 1. The lowest BCUT2D eigenvalue weighted by atomic mass is 10.2. The van der Waals surface area contributed by atoms with Crippen molar-refractivity contribution in [2.75, 3.05) is 0 Å². The van der Waals surface area contributed by atoms with Crippen LogP contribution in [-0.2, 0) is 0 Å². The van der Waals surface area contributed by atoms with Gasteiger partial charge in [0.1, 0.15) is 11.3 Å². The smallest absolute Gasteiger partial charge is 0.194 e. The minimum atomic E-state index is 0.146. The summed E-state index contributed by atoms with van der Waals surface area (Å²) in [6.45, 7) is 0. The molecule has 2 nitrogen and oxygen atoms in total. The Morgan fingerprint density at radius 3 is 2.85 bits per heavy atom.